The normalized spacial score (nSPS) is 12.3. The van der Waals surface area contributed by atoms with Crippen molar-refractivity contribution in [2.24, 2.45) is 0 Å². The fourth-order valence-electron chi connectivity index (χ4n) is 3.03. The van der Waals surface area contributed by atoms with E-state index >= 15 is 0 Å². The number of aromatic nitrogens is 2. The van der Waals surface area contributed by atoms with Crippen molar-refractivity contribution < 1.29 is 5.11 Å². The third-order valence-electron chi connectivity index (χ3n) is 4.41. The number of benzene rings is 2. The molecule has 2 heterocycles. The van der Waals surface area contributed by atoms with Crippen molar-refractivity contribution in [3.63, 3.8) is 0 Å². The Morgan fingerprint density at radius 1 is 0.885 bits per heavy atom. The summed E-state index contributed by atoms with van der Waals surface area (Å²) in [5.74, 6) is 0. The molecular weight excluding hydrogens is 367 g/mol. The van der Waals surface area contributed by atoms with Gasteiger partial charge in [-0.2, -0.15) is 0 Å². The van der Waals surface area contributed by atoms with Crippen molar-refractivity contribution in [3.05, 3.63) is 101 Å². The quantitative estimate of drug-likeness (QED) is 0.455. The van der Waals surface area contributed by atoms with Crippen LogP contribution in [0.1, 0.15) is 17.2 Å². The summed E-state index contributed by atoms with van der Waals surface area (Å²) in [7, 11) is 0. The van der Waals surface area contributed by atoms with Crippen LogP contribution in [-0.2, 0) is 0 Å². The molecule has 3 nitrogen and oxygen atoms in total. The lowest BCUT2D eigenvalue weighted by atomic mass is 9.96. The standard InChI is InChI=1S/C21H16Cl2N2O/c22-19-8-5-15(11-20(19)23)17-12-24-13-18(17)21(26)14-3-6-16(7-4-14)25-9-1-2-10-25/h1-13,21,24,26H. The van der Waals surface area contributed by atoms with E-state index in [-0.39, 0.29) is 0 Å². The Hall–Kier alpha value is -2.46. The summed E-state index contributed by atoms with van der Waals surface area (Å²) in [6, 6.07) is 17.3. The van der Waals surface area contributed by atoms with Gasteiger partial charge >= 0.3 is 0 Å². The lowest BCUT2D eigenvalue weighted by Gasteiger charge is -2.14. The van der Waals surface area contributed by atoms with Crippen LogP contribution >= 0.6 is 23.2 Å². The highest BCUT2D eigenvalue weighted by Crippen LogP contribution is 2.35. The van der Waals surface area contributed by atoms with Gasteiger partial charge in [0.2, 0.25) is 0 Å². The molecule has 5 heteroatoms. The van der Waals surface area contributed by atoms with Crippen molar-refractivity contribution in [2.75, 3.05) is 0 Å². The molecular formula is C21H16Cl2N2O. The van der Waals surface area contributed by atoms with Crippen LogP contribution in [0.3, 0.4) is 0 Å². The van der Waals surface area contributed by atoms with Gasteiger partial charge in [0.1, 0.15) is 6.10 Å². The highest BCUT2D eigenvalue weighted by Gasteiger charge is 2.17. The van der Waals surface area contributed by atoms with Crippen LogP contribution in [0, 0.1) is 0 Å². The fraction of sp³-hybridized carbons (Fsp3) is 0.0476. The summed E-state index contributed by atoms with van der Waals surface area (Å²) in [4.78, 5) is 3.08. The summed E-state index contributed by atoms with van der Waals surface area (Å²) in [6.07, 6.45) is 6.89. The monoisotopic (exact) mass is 382 g/mol. The average molecular weight is 383 g/mol. The van der Waals surface area contributed by atoms with Crippen LogP contribution in [0.15, 0.2) is 79.4 Å². The highest BCUT2D eigenvalue weighted by atomic mass is 35.5. The van der Waals surface area contributed by atoms with Gasteiger partial charge in [0.15, 0.2) is 0 Å². The van der Waals surface area contributed by atoms with Crippen molar-refractivity contribution in [2.45, 2.75) is 6.10 Å². The smallest absolute Gasteiger partial charge is 0.106 e. The lowest BCUT2D eigenvalue weighted by molar-refractivity contribution is 0.221. The summed E-state index contributed by atoms with van der Waals surface area (Å²) in [5, 5.41) is 11.9. The number of aromatic amines is 1. The molecule has 0 aliphatic heterocycles. The van der Waals surface area contributed by atoms with E-state index in [9.17, 15) is 5.11 Å². The number of H-pyrrole nitrogens is 1. The van der Waals surface area contributed by atoms with E-state index in [1.165, 1.54) is 0 Å². The second kappa shape index (κ2) is 7.04. The number of rotatable bonds is 4. The van der Waals surface area contributed by atoms with Gasteiger partial charge in [-0.15, -0.1) is 0 Å². The molecule has 2 aromatic heterocycles. The van der Waals surface area contributed by atoms with E-state index in [0.717, 1.165) is 27.9 Å². The summed E-state index contributed by atoms with van der Waals surface area (Å²) in [5.41, 5.74) is 4.45. The zero-order valence-electron chi connectivity index (χ0n) is 13.7. The Kier molecular flexibility index (Phi) is 4.60. The SMILES string of the molecule is OC(c1ccc(-n2cccc2)cc1)c1c[nH]cc1-c1ccc(Cl)c(Cl)c1. The number of nitrogens with zero attached hydrogens (tertiary/aromatic N) is 1. The summed E-state index contributed by atoms with van der Waals surface area (Å²) in [6.45, 7) is 0. The van der Waals surface area contributed by atoms with Crippen LogP contribution in [0.25, 0.3) is 16.8 Å². The second-order valence-corrected chi connectivity index (χ2v) is 6.85. The van der Waals surface area contributed by atoms with Gasteiger partial charge in [-0.05, 0) is 47.5 Å². The molecule has 0 saturated carbocycles. The first-order chi connectivity index (χ1) is 12.6. The molecule has 0 aliphatic rings. The van der Waals surface area contributed by atoms with Gasteiger partial charge in [-0.1, -0.05) is 41.4 Å². The van der Waals surface area contributed by atoms with E-state index < -0.39 is 6.10 Å². The Morgan fingerprint density at radius 2 is 1.62 bits per heavy atom. The van der Waals surface area contributed by atoms with Crippen molar-refractivity contribution >= 4 is 23.2 Å². The Bertz CT molecular complexity index is 1020. The molecule has 2 aromatic carbocycles. The molecule has 26 heavy (non-hydrogen) atoms. The highest BCUT2D eigenvalue weighted by molar-refractivity contribution is 6.42. The van der Waals surface area contributed by atoms with Crippen LogP contribution in [0.2, 0.25) is 10.0 Å². The van der Waals surface area contributed by atoms with E-state index in [0.29, 0.717) is 10.0 Å². The molecule has 4 aromatic rings. The third kappa shape index (κ3) is 3.17. The molecule has 0 spiro atoms. The molecule has 2 N–H and O–H groups in total. The molecule has 1 atom stereocenters. The zero-order chi connectivity index (χ0) is 18.1. The van der Waals surface area contributed by atoms with Gasteiger partial charge < -0.3 is 14.7 Å². The zero-order valence-corrected chi connectivity index (χ0v) is 15.2. The van der Waals surface area contributed by atoms with Gasteiger partial charge in [-0.3, -0.25) is 0 Å². The van der Waals surface area contributed by atoms with Gasteiger partial charge in [0, 0.05) is 41.6 Å². The second-order valence-electron chi connectivity index (χ2n) is 6.04. The summed E-state index contributed by atoms with van der Waals surface area (Å²) >= 11 is 12.1. The Balaban J connectivity index is 1.66. The molecule has 0 fully saturated rings. The number of nitrogens with one attached hydrogen (secondary N) is 1. The van der Waals surface area contributed by atoms with Crippen molar-refractivity contribution in [3.8, 4) is 16.8 Å². The van der Waals surface area contributed by atoms with E-state index in [4.69, 9.17) is 23.2 Å². The van der Waals surface area contributed by atoms with E-state index in [1.807, 2.05) is 71.8 Å². The molecule has 130 valence electrons. The van der Waals surface area contributed by atoms with Gasteiger partial charge in [0.25, 0.3) is 0 Å². The largest absolute Gasteiger partial charge is 0.384 e. The third-order valence-corrected chi connectivity index (χ3v) is 5.15. The van der Waals surface area contributed by atoms with Gasteiger partial charge in [-0.25, -0.2) is 0 Å². The maximum absolute atomic E-state index is 10.9. The van der Waals surface area contributed by atoms with Gasteiger partial charge in [0.05, 0.1) is 10.0 Å². The van der Waals surface area contributed by atoms with Crippen molar-refractivity contribution in [1.29, 1.82) is 0 Å². The van der Waals surface area contributed by atoms with E-state index in [2.05, 4.69) is 4.98 Å². The molecule has 1 unspecified atom stereocenters. The molecule has 0 saturated heterocycles. The maximum Gasteiger partial charge on any atom is 0.106 e. The minimum absolute atomic E-state index is 0.488. The number of halogens is 2. The van der Waals surface area contributed by atoms with Crippen LogP contribution < -0.4 is 0 Å². The predicted octanol–water partition coefficient (Wildman–Crippen LogP) is 5.86. The fourth-order valence-corrected chi connectivity index (χ4v) is 3.33. The predicted molar refractivity (Wildman–Crippen MR) is 106 cm³/mol. The summed E-state index contributed by atoms with van der Waals surface area (Å²) < 4.78 is 2.02. The van der Waals surface area contributed by atoms with Crippen LogP contribution in [0.4, 0.5) is 0 Å². The van der Waals surface area contributed by atoms with E-state index in [1.54, 1.807) is 12.1 Å². The molecule has 0 bridgehead atoms. The number of aliphatic hydroxyl groups excluding tert-OH is 1. The minimum Gasteiger partial charge on any atom is -0.384 e. The first-order valence-corrected chi connectivity index (χ1v) is 8.92. The molecule has 0 amide bonds. The molecule has 4 rings (SSSR count). The topological polar surface area (TPSA) is 41.0 Å². The van der Waals surface area contributed by atoms with Crippen molar-refractivity contribution in [1.82, 2.24) is 9.55 Å². The first-order valence-electron chi connectivity index (χ1n) is 8.17. The molecule has 0 radical (unpaired) electrons. The number of hydrogen-bond donors (Lipinski definition) is 2. The lowest BCUT2D eigenvalue weighted by Crippen LogP contribution is -2.00. The Labute approximate surface area is 161 Å². The molecule has 0 aliphatic carbocycles. The first kappa shape index (κ1) is 17.0. The number of hydrogen-bond acceptors (Lipinski definition) is 1. The number of aliphatic hydroxyl groups is 1. The minimum atomic E-state index is -0.746. The van der Waals surface area contributed by atoms with Crippen LogP contribution in [0.5, 0.6) is 0 Å². The van der Waals surface area contributed by atoms with Crippen LogP contribution in [-0.4, -0.2) is 14.7 Å². The Morgan fingerprint density at radius 3 is 2.31 bits per heavy atom. The average Bonchev–Trinajstić information content (AvgIpc) is 3.35. The maximum atomic E-state index is 10.9.